The van der Waals surface area contributed by atoms with Crippen molar-refractivity contribution in [2.45, 2.75) is 20.4 Å². The molecule has 0 aliphatic carbocycles. The molecule has 5 nitrogen and oxygen atoms in total. The van der Waals surface area contributed by atoms with Crippen LogP contribution < -0.4 is 5.32 Å². The van der Waals surface area contributed by atoms with Crippen LogP contribution in [-0.4, -0.2) is 19.4 Å². The van der Waals surface area contributed by atoms with Crippen molar-refractivity contribution < 1.29 is 0 Å². The zero-order chi connectivity index (χ0) is 14.1. The van der Waals surface area contributed by atoms with Crippen LogP contribution in [0.1, 0.15) is 17.2 Å². The number of aromatic nitrogens is 4. The van der Waals surface area contributed by atoms with E-state index in [0.717, 1.165) is 17.0 Å². The second-order valence-corrected chi connectivity index (χ2v) is 4.99. The van der Waals surface area contributed by atoms with Crippen molar-refractivity contribution in [2.75, 3.05) is 5.32 Å². The third-order valence-electron chi connectivity index (χ3n) is 3.00. The maximum atomic E-state index is 5.91. The van der Waals surface area contributed by atoms with Gasteiger partial charge in [0.2, 0.25) is 0 Å². The van der Waals surface area contributed by atoms with Crippen molar-refractivity contribution in [1.29, 1.82) is 0 Å². The van der Waals surface area contributed by atoms with E-state index in [9.17, 15) is 0 Å². The first kappa shape index (κ1) is 12.9. The molecule has 3 aromatic heterocycles. The summed E-state index contributed by atoms with van der Waals surface area (Å²) >= 11 is 5.91. The minimum absolute atomic E-state index is 0.436. The Bertz CT molecular complexity index is 745. The largest absolute Gasteiger partial charge is 0.364 e. The van der Waals surface area contributed by atoms with Gasteiger partial charge in [0.15, 0.2) is 0 Å². The predicted octanol–water partition coefficient (Wildman–Crippen LogP) is 3.01. The number of fused-ring (bicyclic) bond motifs is 1. The molecular weight excluding hydrogens is 274 g/mol. The zero-order valence-corrected chi connectivity index (χ0v) is 12.0. The first-order valence-electron chi connectivity index (χ1n) is 6.30. The van der Waals surface area contributed by atoms with Gasteiger partial charge in [-0.15, -0.1) is 0 Å². The van der Waals surface area contributed by atoms with Gasteiger partial charge < -0.3 is 9.72 Å². The van der Waals surface area contributed by atoms with Crippen LogP contribution in [0.4, 0.5) is 5.82 Å². The summed E-state index contributed by atoms with van der Waals surface area (Å²) in [5.41, 5.74) is 3.05. The van der Waals surface area contributed by atoms with Crippen molar-refractivity contribution in [2.24, 2.45) is 0 Å². The van der Waals surface area contributed by atoms with Crippen molar-refractivity contribution in [3.63, 3.8) is 0 Å². The maximum absolute atomic E-state index is 5.91. The van der Waals surface area contributed by atoms with Crippen molar-refractivity contribution in [3.05, 3.63) is 52.8 Å². The molecule has 0 radical (unpaired) electrons. The maximum Gasteiger partial charge on any atom is 0.137 e. The molecule has 3 heterocycles. The first-order valence-corrected chi connectivity index (χ1v) is 6.68. The molecule has 0 bridgehead atoms. The molecule has 0 saturated heterocycles. The van der Waals surface area contributed by atoms with E-state index in [1.54, 1.807) is 6.07 Å². The van der Waals surface area contributed by atoms with Crippen LogP contribution in [0, 0.1) is 13.8 Å². The first-order chi connectivity index (χ1) is 9.61. The quantitative estimate of drug-likeness (QED) is 0.753. The molecule has 3 rings (SSSR count). The Morgan fingerprint density at radius 3 is 2.80 bits per heavy atom. The number of imidazole rings is 1. The number of halogens is 1. The molecule has 0 fully saturated rings. The molecule has 3 aromatic rings. The number of hydrogen-bond donors (Lipinski definition) is 1. The van der Waals surface area contributed by atoms with Crippen molar-refractivity contribution in [3.8, 4) is 0 Å². The van der Waals surface area contributed by atoms with Crippen LogP contribution in [-0.2, 0) is 6.54 Å². The third-order valence-corrected chi connectivity index (χ3v) is 3.20. The lowest BCUT2D eigenvalue weighted by atomic mass is 10.4. The number of anilines is 1. The molecule has 0 aromatic carbocycles. The Labute approximate surface area is 121 Å². The summed E-state index contributed by atoms with van der Waals surface area (Å²) in [6.45, 7) is 4.46. The van der Waals surface area contributed by atoms with Crippen LogP contribution in [0.2, 0.25) is 5.15 Å². The summed E-state index contributed by atoms with van der Waals surface area (Å²) in [4.78, 5) is 12.9. The topological polar surface area (TPSA) is 55.1 Å². The molecule has 1 N–H and O–H groups in total. The predicted molar refractivity (Wildman–Crippen MR) is 79.0 cm³/mol. The Kier molecular flexibility index (Phi) is 3.28. The lowest BCUT2D eigenvalue weighted by Crippen LogP contribution is -2.03. The van der Waals surface area contributed by atoms with E-state index in [1.165, 1.54) is 0 Å². The monoisotopic (exact) mass is 287 g/mol. The molecule has 0 unspecified atom stereocenters. The Morgan fingerprint density at radius 1 is 1.20 bits per heavy atom. The highest BCUT2D eigenvalue weighted by Crippen LogP contribution is 2.13. The summed E-state index contributed by atoms with van der Waals surface area (Å²) in [7, 11) is 0. The van der Waals surface area contributed by atoms with Gasteiger partial charge in [0.05, 0.1) is 12.2 Å². The number of rotatable bonds is 3. The summed E-state index contributed by atoms with van der Waals surface area (Å²) in [5.74, 6) is 1.35. The highest BCUT2D eigenvalue weighted by atomic mass is 35.5. The van der Waals surface area contributed by atoms with Gasteiger partial charge in [0, 0.05) is 18.0 Å². The third kappa shape index (κ3) is 2.58. The molecule has 20 heavy (non-hydrogen) atoms. The second kappa shape index (κ2) is 5.09. The molecule has 0 atom stereocenters. The van der Waals surface area contributed by atoms with Crippen LogP contribution in [0.15, 0.2) is 30.5 Å². The summed E-state index contributed by atoms with van der Waals surface area (Å²) in [6.07, 6.45) is 2.02. The van der Waals surface area contributed by atoms with Gasteiger partial charge in [0.1, 0.15) is 22.4 Å². The van der Waals surface area contributed by atoms with Gasteiger partial charge in [-0.3, -0.25) is 0 Å². The van der Waals surface area contributed by atoms with Crippen LogP contribution in [0.5, 0.6) is 0 Å². The Hall–Kier alpha value is -2.14. The summed E-state index contributed by atoms with van der Waals surface area (Å²) < 4.78 is 2.06. The molecule has 0 aliphatic rings. The summed E-state index contributed by atoms with van der Waals surface area (Å²) in [5, 5.41) is 3.65. The summed E-state index contributed by atoms with van der Waals surface area (Å²) in [6, 6.07) is 7.75. The second-order valence-electron chi connectivity index (χ2n) is 4.60. The number of aryl methyl sites for hydroxylation is 2. The van der Waals surface area contributed by atoms with Gasteiger partial charge in [0.25, 0.3) is 0 Å². The van der Waals surface area contributed by atoms with Gasteiger partial charge in [-0.2, -0.15) is 0 Å². The van der Waals surface area contributed by atoms with E-state index in [1.807, 2.05) is 25.3 Å². The van der Waals surface area contributed by atoms with E-state index < -0.39 is 0 Å². The minimum Gasteiger partial charge on any atom is -0.364 e. The normalized spacial score (nSPS) is 10.9. The van der Waals surface area contributed by atoms with Crippen molar-refractivity contribution >= 4 is 23.1 Å². The smallest absolute Gasteiger partial charge is 0.137 e. The van der Waals surface area contributed by atoms with Crippen LogP contribution in [0.25, 0.3) is 5.65 Å². The number of nitrogens with one attached hydrogen (secondary N) is 1. The fraction of sp³-hybridized carbons (Fsp3) is 0.214. The van der Waals surface area contributed by atoms with E-state index in [0.29, 0.717) is 23.3 Å². The van der Waals surface area contributed by atoms with Crippen molar-refractivity contribution in [1.82, 2.24) is 19.4 Å². The molecule has 0 saturated carbocycles. The van der Waals surface area contributed by atoms with Gasteiger partial charge >= 0.3 is 0 Å². The Balaban J connectivity index is 1.81. The lowest BCUT2D eigenvalue weighted by molar-refractivity contribution is 1.00. The highest BCUT2D eigenvalue weighted by Gasteiger charge is 2.04. The van der Waals surface area contributed by atoms with E-state index >= 15 is 0 Å². The molecule has 0 aliphatic heterocycles. The van der Waals surface area contributed by atoms with E-state index in [4.69, 9.17) is 11.6 Å². The number of pyridine rings is 1. The zero-order valence-electron chi connectivity index (χ0n) is 11.3. The van der Waals surface area contributed by atoms with Gasteiger partial charge in [-0.05, 0) is 26.0 Å². The molecule has 6 heteroatoms. The van der Waals surface area contributed by atoms with Gasteiger partial charge in [-0.1, -0.05) is 17.7 Å². The fourth-order valence-electron chi connectivity index (χ4n) is 2.09. The standard InChI is InChI=1S/C14H14ClN5/c1-9-4-3-5-14-19-11(8-20(9)14)7-16-13-6-12(15)17-10(2)18-13/h3-6,8H,7H2,1-2H3,(H,16,17,18). The molecule has 0 amide bonds. The molecule has 0 spiro atoms. The van der Waals surface area contributed by atoms with E-state index in [2.05, 4.69) is 37.7 Å². The highest BCUT2D eigenvalue weighted by molar-refractivity contribution is 6.29. The van der Waals surface area contributed by atoms with Gasteiger partial charge in [-0.25, -0.2) is 15.0 Å². The minimum atomic E-state index is 0.436. The number of nitrogens with zero attached hydrogens (tertiary/aromatic N) is 4. The molecular formula is C14H14ClN5. The Morgan fingerprint density at radius 2 is 2.05 bits per heavy atom. The average Bonchev–Trinajstić information content (AvgIpc) is 2.80. The fourth-order valence-corrected chi connectivity index (χ4v) is 2.31. The molecule has 102 valence electrons. The number of hydrogen-bond acceptors (Lipinski definition) is 4. The van der Waals surface area contributed by atoms with Crippen LogP contribution >= 0.6 is 11.6 Å². The van der Waals surface area contributed by atoms with E-state index in [-0.39, 0.29) is 0 Å². The lowest BCUT2D eigenvalue weighted by Gasteiger charge is -2.04. The average molecular weight is 288 g/mol. The van der Waals surface area contributed by atoms with Crippen LogP contribution in [0.3, 0.4) is 0 Å². The SMILES string of the molecule is Cc1nc(Cl)cc(NCc2cn3c(C)cccc3n2)n1.